The lowest BCUT2D eigenvalue weighted by atomic mass is 9.73. The second-order valence-electron chi connectivity index (χ2n) is 8.17. The first-order valence-corrected chi connectivity index (χ1v) is 10.2. The first kappa shape index (κ1) is 18.9. The molecule has 3 atom stereocenters. The van der Waals surface area contributed by atoms with E-state index >= 15 is 0 Å². The summed E-state index contributed by atoms with van der Waals surface area (Å²) in [5, 5.41) is 13.3. The number of piperidine rings is 1. The van der Waals surface area contributed by atoms with Crippen LogP contribution in [-0.4, -0.2) is 33.2 Å². The van der Waals surface area contributed by atoms with Gasteiger partial charge in [-0.3, -0.25) is 9.48 Å². The predicted molar refractivity (Wildman–Crippen MR) is 101 cm³/mol. The number of carbonyl (C=O) groups excluding carboxylic acids is 1. The Bertz CT molecular complexity index is 685. The van der Waals surface area contributed by atoms with E-state index in [1.807, 2.05) is 11.6 Å². The van der Waals surface area contributed by atoms with Crippen molar-refractivity contribution in [2.45, 2.75) is 84.7 Å². The molecule has 0 spiro atoms. The van der Waals surface area contributed by atoms with Gasteiger partial charge >= 0.3 is 0 Å². The Morgan fingerprint density at radius 2 is 2.04 bits per heavy atom. The number of carbonyl (C=O) groups is 1. The van der Waals surface area contributed by atoms with Crippen molar-refractivity contribution in [2.75, 3.05) is 6.54 Å². The standard InChI is InChI=1S/C21H32N4O/c1-15-7-4-8-18-9-5-13-24(21(15)18)20(26)11-10-19-16(2)23-25(17(19)3)14-6-12-22/h15,18,21H,4-11,13-14H2,1-3H3. The molecule has 3 unspecified atom stereocenters. The van der Waals surface area contributed by atoms with E-state index in [4.69, 9.17) is 5.26 Å². The van der Waals surface area contributed by atoms with Crippen molar-refractivity contribution in [3.8, 4) is 6.07 Å². The fraction of sp³-hybridized carbons (Fsp3) is 0.762. The molecule has 2 aliphatic rings. The number of fused-ring (bicyclic) bond motifs is 1. The molecule has 0 radical (unpaired) electrons. The Balaban J connectivity index is 1.65. The maximum absolute atomic E-state index is 13.0. The summed E-state index contributed by atoms with van der Waals surface area (Å²) in [5.74, 6) is 1.67. The van der Waals surface area contributed by atoms with Crippen molar-refractivity contribution in [1.82, 2.24) is 14.7 Å². The van der Waals surface area contributed by atoms with E-state index in [2.05, 4.69) is 29.9 Å². The number of aryl methyl sites for hydroxylation is 2. The molecule has 3 rings (SSSR count). The highest BCUT2D eigenvalue weighted by molar-refractivity contribution is 5.77. The minimum Gasteiger partial charge on any atom is -0.339 e. The molecule has 1 aromatic rings. The molecule has 0 bridgehead atoms. The van der Waals surface area contributed by atoms with Gasteiger partial charge in [0, 0.05) is 24.7 Å². The van der Waals surface area contributed by atoms with Crippen LogP contribution >= 0.6 is 0 Å². The Hall–Kier alpha value is -1.83. The molecule has 1 aliphatic heterocycles. The van der Waals surface area contributed by atoms with Crippen LogP contribution in [-0.2, 0) is 17.8 Å². The number of amides is 1. The van der Waals surface area contributed by atoms with Crippen molar-refractivity contribution in [3.63, 3.8) is 0 Å². The van der Waals surface area contributed by atoms with Crippen LogP contribution in [0.4, 0.5) is 0 Å². The molecule has 1 aromatic heterocycles. The summed E-state index contributed by atoms with van der Waals surface area (Å²) < 4.78 is 1.92. The molecule has 5 nitrogen and oxygen atoms in total. The summed E-state index contributed by atoms with van der Waals surface area (Å²) in [6.45, 7) is 7.96. The zero-order valence-electron chi connectivity index (χ0n) is 16.5. The van der Waals surface area contributed by atoms with Gasteiger partial charge in [-0.2, -0.15) is 10.4 Å². The van der Waals surface area contributed by atoms with Gasteiger partial charge in [0.05, 0.1) is 24.7 Å². The summed E-state index contributed by atoms with van der Waals surface area (Å²) in [4.78, 5) is 15.2. The second-order valence-corrected chi connectivity index (χ2v) is 8.17. The monoisotopic (exact) mass is 356 g/mol. The number of nitrogens with zero attached hydrogens (tertiary/aromatic N) is 4. The van der Waals surface area contributed by atoms with Gasteiger partial charge in [-0.25, -0.2) is 0 Å². The lowest BCUT2D eigenvalue weighted by Gasteiger charge is -2.47. The van der Waals surface area contributed by atoms with E-state index in [0.717, 1.165) is 30.8 Å². The summed E-state index contributed by atoms with van der Waals surface area (Å²) in [7, 11) is 0. The van der Waals surface area contributed by atoms with E-state index < -0.39 is 0 Å². The molecule has 1 amide bonds. The van der Waals surface area contributed by atoms with Crippen molar-refractivity contribution in [2.24, 2.45) is 11.8 Å². The van der Waals surface area contributed by atoms with E-state index in [9.17, 15) is 4.79 Å². The summed E-state index contributed by atoms with van der Waals surface area (Å²) in [6, 6.07) is 2.64. The number of aromatic nitrogens is 2. The molecule has 5 heteroatoms. The fourth-order valence-electron chi connectivity index (χ4n) is 5.19. The largest absolute Gasteiger partial charge is 0.339 e. The lowest BCUT2D eigenvalue weighted by Crippen LogP contribution is -2.53. The van der Waals surface area contributed by atoms with Crippen LogP contribution in [0.3, 0.4) is 0 Å². The Kier molecular flexibility index (Phi) is 6.01. The first-order chi connectivity index (χ1) is 12.5. The molecular weight excluding hydrogens is 324 g/mol. The maximum Gasteiger partial charge on any atom is 0.223 e. The van der Waals surface area contributed by atoms with Crippen LogP contribution in [0.5, 0.6) is 0 Å². The van der Waals surface area contributed by atoms with Gasteiger partial charge in [0.25, 0.3) is 0 Å². The number of nitriles is 1. The Labute approximate surface area is 157 Å². The van der Waals surface area contributed by atoms with Crippen LogP contribution in [0.1, 0.15) is 68.8 Å². The molecule has 2 fully saturated rings. The maximum atomic E-state index is 13.0. The van der Waals surface area contributed by atoms with Crippen LogP contribution < -0.4 is 0 Å². The topological polar surface area (TPSA) is 61.9 Å². The summed E-state index contributed by atoms with van der Waals surface area (Å²) in [5.41, 5.74) is 3.28. The van der Waals surface area contributed by atoms with Crippen LogP contribution in [0.15, 0.2) is 0 Å². The normalized spacial score (nSPS) is 25.6. The third-order valence-electron chi connectivity index (χ3n) is 6.51. The van der Waals surface area contributed by atoms with Gasteiger partial charge in [0.1, 0.15) is 0 Å². The molecule has 1 saturated carbocycles. The number of hydrogen-bond donors (Lipinski definition) is 0. The second kappa shape index (κ2) is 8.24. The minimum absolute atomic E-state index is 0.317. The third kappa shape index (κ3) is 3.79. The van der Waals surface area contributed by atoms with Crippen LogP contribution in [0.25, 0.3) is 0 Å². The predicted octanol–water partition coefficient (Wildman–Crippen LogP) is 3.77. The van der Waals surface area contributed by atoms with Crippen LogP contribution in [0.2, 0.25) is 0 Å². The average molecular weight is 357 g/mol. The van der Waals surface area contributed by atoms with Gasteiger partial charge in [-0.15, -0.1) is 0 Å². The highest BCUT2D eigenvalue weighted by Gasteiger charge is 2.39. The zero-order valence-corrected chi connectivity index (χ0v) is 16.5. The average Bonchev–Trinajstić information content (AvgIpc) is 2.91. The van der Waals surface area contributed by atoms with Gasteiger partial charge in [-0.05, 0) is 63.4 Å². The van der Waals surface area contributed by atoms with Crippen LogP contribution in [0, 0.1) is 37.0 Å². The van der Waals surface area contributed by atoms with Crippen molar-refractivity contribution >= 4 is 5.91 Å². The van der Waals surface area contributed by atoms with E-state index in [-0.39, 0.29) is 0 Å². The summed E-state index contributed by atoms with van der Waals surface area (Å²) >= 11 is 0. The molecule has 1 aliphatic carbocycles. The quantitative estimate of drug-likeness (QED) is 0.807. The third-order valence-corrected chi connectivity index (χ3v) is 6.51. The Morgan fingerprint density at radius 3 is 2.81 bits per heavy atom. The van der Waals surface area contributed by atoms with E-state index in [1.54, 1.807) is 0 Å². The Morgan fingerprint density at radius 1 is 1.27 bits per heavy atom. The lowest BCUT2D eigenvalue weighted by molar-refractivity contribution is -0.139. The molecule has 1 saturated heterocycles. The number of rotatable bonds is 5. The SMILES string of the molecule is Cc1nn(CCC#N)c(C)c1CCC(=O)N1CCCC2CCCC(C)C21. The van der Waals surface area contributed by atoms with Crippen molar-refractivity contribution < 1.29 is 4.79 Å². The first-order valence-electron chi connectivity index (χ1n) is 10.2. The van der Waals surface area contributed by atoms with Gasteiger partial charge in [-0.1, -0.05) is 13.3 Å². The molecule has 0 aromatic carbocycles. The number of hydrogen-bond acceptors (Lipinski definition) is 3. The zero-order chi connectivity index (χ0) is 18.7. The fourth-order valence-corrected chi connectivity index (χ4v) is 5.19. The van der Waals surface area contributed by atoms with Gasteiger partial charge in [0.2, 0.25) is 5.91 Å². The van der Waals surface area contributed by atoms with E-state index in [0.29, 0.717) is 43.2 Å². The highest BCUT2D eigenvalue weighted by atomic mass is 16.2. The summed E-state index contributed by atoms with van der Waals surface area (Å²) in [6.07, 6.45) is 8.12. The van der Waals surface area contributed by atoms with Crippen molar-refractivity contribution in [3.05, 3.63) is 17.0 Å². The molecule has 0 N–H and O–H groups in total. The molecule has 26 heavy (non-hydrogen) atoms. The molecule has 2 heterocycles. The molecular formula is C21H32N4O. The smallest absolute Gasteiger partial charge is 0.223 e. The highest BCUT2D eigenvalue weighted by Crippen LogP contribution is 2.39. The van der Waals surface area contributed by atoms with E-state index in [1.165, 1.54) is 31.2 Å². The van der Waals surface area contributed by atoms with Gasteiger partial charge in [0.15, 0.2) is 0 Å². The van der Waals surface area contributed by atoms with Crippen molar-refractivity contribution in [1.29, 1.82) is 5.26 Å². The minimum atomic E-state index is 0.317. The van der Waals surface area contributed by atoms with Gasteiger partial charge < -0.3 is 4.90 Å². The number of likely N-dealkylation sites (tertiary alicyclic amines) is 1. The molecule has 142 valence electrons.